The highest BCUT2D eigenvalue weighted by molar-refractivity contribution is 5.87. The summed E-state index contributed by atoms with van der Waals surface area (Å²) in [6.45, 7) is 8.80. The first-order valence-electron chi connectivity index (χ1n) is 24.6. The average molecular weight is 969 g/mol. The van der Waals surface area contributed by atoms with Gasteiger partial charge >= 0.3 is 12.2 Å². The van der Waals surface area contributed by atoms with Crippen LogP contribution in [-0.2, 0) is 14.3 Å². The minimum absolute atomic E-state index is 0.159. The van der Waals surface area contributed by atoms with Crippen molar-refractivity contribution in [3.63, 3.8) is 0 Å². The number of alkyl carbamates (subject to hydrolysis) is 1. The molecule has 4 N–H and O–H groups in total. The van der Waals surface area contributed by atoms with Crippen LogP contribution >= 0.6 is 0 Å². The minimum Gasteiger partial charge on any atom is -0.465 e. The fourth-order valence-electron chi connectivity index (χ4n) is 11.4. The van der Waals surface area contributed by atoms with E-state index >= 15 is 8.78 Å². The highest BCUT2D eigenvalue weighted by Gasteiger charge is 2.42. The number of nitrogens with zero attached hydrogens (tertiary/aromatic N) is 7. The number of anilines is 2. The standard InChI is InChI=1S/C51H63F3N10O6/c1-27(2)43(59-50(67)70-6)48(65)62-19-7-9-41(62)46-55-35-13-11-29(23-37(35)57-46)39-15-16-40(64(39)32-25-33(53)45(34(54)26-32)61-21-17-31(52)18-22-61)30-12-14-36-38(24-30)58-47(56-36)42-10-8-20-63(42)49(66)44(28(3)4)60(5)51(68)69/h11-14,23-28,31,39-44H,7-10,15-22H2,1-6H3,(H,55,57)(H,56,58)(H,59,67)(H,68,69)/t39-,40-,41+,42+,43?,44?/m1/s1. The molecule has 0 saturated carbocycles. The molecule has 4 amide bonds. The minimum atomic E-state index is -1.17. The van der Waals surface area contributed by atoms with Gasteiger partial charge in [0.15, 0.2) is 11.6 Å². The molecule has 9 rings (SSSR count). The number of carboxylic acid groups (broad SMARTS) is 1. The summed E-state index contributed by atoms with van der Waals surface area (Å²) >= 11 is 0. The maximum Gasteiger partial charge on any atom is 0.407 e. The van der Waals surface area contributed by atoms with Gasteiger partial charge in [-0.05, 0) is 111 Å². The Morgan fingerprint density at radius 2 is 1.24 bits per heavy atom. The molecule has 70 heavy (non-hydrogen) atoms. The molecule has 4 aliphatic rings. The summed E-state index contributed by atoms with van der Waals surface area (Å²) in [7, 11) is 2.68. The number of imidazole rings is 2. The normalized spacial score (nSPS) is 21.9. The molecule has 6 atom stereocenters. The van der Waals surface area contributed by atoms with Crippen molar-refractivity contribution in [2.24, 2.45) is 11.8 Å². The Labute approximate surface area is 404 Å². The maximum atomic E-state index is 16.4. The predicted molar refractivity (Wildman–Crippen MR) is 258 cm³/mol. The number of ether oxygens (including phenoxy) is 1. The molecule has 0 aliphatic carbocycles. The van der Waals surface area contributed by atoms with Gasteiger partial charge in [-0.1, -0.05) is 39.8 Å². The van der Waals surface area contributed by atoms with Crippen LogP contribution in [0.1, 0.15) is 126 Å². The first-order chi connectivity index (χ1) is 33.5. The number of hydrogen-bond donors (Lipinski definition) is 4. The summed E-state index contributed by atoms with van der Waals surface area (Å²) < 4.78 is 51.7. The van der Waals surface area contributed by atoms with Crippen LogP contribution in [0.5, 0.6) is 0 Å². The number of methoxy groups -OCH3 is 1. The van der Waals surface area contributed by atoms with E-state index in [1.165, 1.54) is 26.3 Å². The van der Waals surface area contributed by atoms with Gasteiger partial charge in [-0.25, -0.2) is 32.7 Å². The van der Waals surface area contributed by atoms with Crippen LogP contribution in [0.3, 0.4) is 0 Å². The fourth-order valence-corrected chi connectivity index (χ4v) is 11.4. The van der Waals surface area contributed by atoms with Gasteiger partial charge in [0.2, 0.25) is 11.8 Å². The number of aromatic nitrogens is 4. The van der Waals surface area contributed by atoms with E-state index in [1.54, 1.807) is 14.7 Å². The second kappa shape index (κ2) is 19.7. The van der Waals surface area contributed by atoms with Gasteiger partial charge in [0.05, 0.1) is 53.3 Å². The maximum absolute atomic E-state index is 16.4. The Kier molecular flexibility index (Phi) is 13.6. The third-order valence-corrected chi connectivity index (χ3v) is 14.9. The summed E-state index contributed by atoms with van der Waals surface area (Å²) in [5.41, 5.74) is 4.80. The van der Waals surface area contributed by atoms with E-state index < -0.39 is 42.1 Å². The van der Waals surface area contributed by atoms with Gasteiger partial charge in [-0.3, -0.25) is 14.5 Å². The lowest BCUT2D eigenvalue weighted by Gasteiger charge is -2.35. The molecule has 16 nitrogen and oxygen atoms in total. The van der Waals surface area contributed by atoms with Crippen LogP contribution in [0.2, 0.25) is 0 Å². The van der Waals surface area contributed by atoms with Crippen molar-refractivity contribution in [1.29, 1.82) is 0 Å². The van der Waals surface area contributed by atoms with E-state index in [0.717, 1.165) is 39.9 Å². The summed E-state index contributed by atoms with van der Waals surface area (Å²) in [4.78, 5) is 77.2. The predicted octanol–water partition coefficient (Wildman–Crippen LogP) is 9.08. The summed E-state index contributed by atoms with van der Waals surface area (Å²) in [5, 5.41) is 12.5. The van der Waals surface area contributed by atoms with Gasteiger partial charge in [0, 0.05) is 38.9 Å². The molecule has 5 aromatic rings. The third kappa shape index (κ3) is 9.18. The summed E-state index contributed by atoms with van der Waals surface area (Å²) in [6.07, 6.45) is 1.62. The van der Waals surface area contributed by atoms with E-state index in [2.05, 4.69) is 20.2 Å². The van der Waals surface area contributed by atoms with Crippen LogP contribution in [0.25, 0.3) is 22.1 Å². The largest absolute Gasteiger partial charge is 0.465 e. The van der Waals surface area contributed by atoms with Crippen LogP contribution in [0.4, 0.5) is 34.1 Å². The number of fused-ring (bicyclic) bond motifs is 2. The van der Waals surface area contributed by atoms with Crippen molar-refractivity contribution >= 4 is 57.4 Å². The van der Waals surface area contributed by atoms with Crippen molar-refractivity contribution in [3.05, 3.63) is 82.9 Å². The number of nitrogens with one attached hydrogen (secondary N) is 3. The molecule has 374 valence electrons. The lowest BCUT2D eigenvalue weighted by Crippen LogP contribution is -2.51. The van der Waals surface area contributed by atoms with E-state index in [0.29, 0.717) is 67.1 Å². The van der Waals surface area contributed by atoms with Gasteiger partial charge in [-0.15, -0.1) is 0 Å². The second-order valence-corrected chi connectivity index (χ2v) is 20.1. The van der Waals surface area contributed by atoms with Crippen LogP contribution in [0, 0.1) is 23.5 Å². The molecule has 4 aliphatic heterocycles. The highest BCUT2D eigenvalue weighted by atomic mass is 19.1. The topological polar surface area (TPSA) is 183 Å². The number of hydrogen-bond acceptors (Lipinski definition) is 9. The van der Waals surface area contributed by atoms with Crippen molar-refractivity contribution in [3.8, 4) is 0 Å². The molecule has 4 fully saturated rings. The molecule has 4 saturated heterocycles. The molecular weight excluding hydrogens is 906 g/mol. The number of aromatic amines is 2. The monoisotopic (exact) mass is 968 g/mol. The van der Waals surface area contributed by atoms with E-state index in [9.17, 15) is 28.7 Å². The van der Waals surface area contributed by atoms with E-state index in [4.69, 9.17) is 14.7 Å². The van der Waals surface area contributed by atoms with E-state index in [-0.39, 0.29) is 79.4 Å². The first-order valence-corrected chi connectivity index (χ1v) is 24.6. The molecule has 19 heteroatoms. The van der Waals surface area contributed by atoms with Gasteiger partial charge in [-0.2, -0.15) is 0 Å². The first kappa shape index (κ1) is 48.5. The number of rotatable bonds is 12. The number of H-pyrrole nitrogens is 2. The number of halogens is 3. The number of benzene rings is 3. The number of piperidine rings is 1. The summed E-state index contributed by atoms with van der Waals surface area (Å²) in [5.74, 6) is -1.14. The quantitative estimate of drug-likeness (QED) is 0.0941. The lowest BCUT2D eigenvalue weighted by molar-refractivity contribution is -0.138. The number of carbonyl (C=O) groups is 4. The zero-order valence-corrected chi connectivity index (χ0v) is 40.6. The zero-order valence-electron chi connectivity index (χ0n) is 40.6. The molecule has 0 bridgehead atoms. The number of alkyl halides is 1. The Morgan fingerprint density at radius 1 is 0.729 bits per heavy atom. The van der Waals surface area contributed by atoms with Crippen LogP contribution < -0.4 is 15.1 Å². The summed E-state index contributed by atoms with van der Waals surface area (Å²) in [6, 6.07) is 11.5. The second-order valence-electron chi connectivity index (χ2n) is 20.1. The molecule has 0 spiro atoms. The smallest absolute Gasteiger partial charge is 0.407 e. The lowest BCUT2D eigenvalue weighted by atomic mass is 10.0. The van der Waals surface area contributed by atoms with Gasteiger partial charge in [0.1, 0.15) is 35.6 Å². The number of likely N-dealkylation sites (N-methyl/N-ethyl adjacent to an activating group) is 1. The van der Waals surface area contributed by atoms with Crippen molar-refractivity contribution < 1.29 is 42.2 Å². The molecule has 2 unspecified atom stereocenters. The van der Waals surface area contributed by atoms with Crippen LogP contribution in [-0.4, -0.2) is 122 Å². The Morgan fingerprint density at radius 3 is 1.71 bits per heavy atom. The molecule has 2 aromatic heterocycles. The fraction of sp³-hybridized carbons (Fsp3) is 0.529. The highest BCUT2D eigenvalue weighted by Crippen LogP contribution is 2.49. The molecule has 6 heterocycles. The molecule has 0 radical (unpaired) electrons. The number of carbonyl (C=O) groups excluding carboxylic acids is 3. The third-order valence-electron chi connectivity index (χ3n) is 14.9. The Balaban J connectivity index is 1.04. The number of amides is 4. The van der Waals surface area contributed by atoms with Gasteiger partial charge in [0.25, 0.3) is 0 Å². The van der Waals surface area contributed by atoms with Crippen molar-refractivity contribution in [2.75, 3.05) is 50.1 Å². The van der Waals surface area contributed by atoms with E-state index in [1.807, 2.05) is 64.1 Å². The Bertz CT molecular complexity index is 2750. The molecule has 3 aromatic carbocycles. The zero-order chi connectivity index (χ0) is 49.7. The SMILES string of the molecule is COC(=O)NC(C(=O)N1CCC[C@H]1c1nc2cc([C@H]3CC[C@H](c4ccc5[nH]c([C@@H]6CCCN6C(=O)C(C(C)C)N(C)C(=O)O)nc5c4)N3c3cc(F)c(N4CCC(F)CC4)c(F)c3)ccc2[nH]1)C(C)C. The Hall–Kier alpha value is -6.53. The number of likely N-dealkylation sites (tertiary alicyclic amines) is 2. The van der Waals surface area contributed by atoms with Gasteiger partial charge < -0.3 is 44.7 Å². The molecular formula is C51H63F3N10O6. The van der Waals surface area contributed by atoms with Crippen molar-refractivity contribution in [2.45, 2.75) is 121 Å². The average Bonchev–Trinajstić information content (AvgIpc) is 4.19. The van der Waals surface area contributed by atoms with Crippen LogP contribution in [0.15, 0.2) is 48.5 Å². The van der Waals surface area contributed by atoms with Crippen molar-refractivity contribution in [1.82, 2.24) is 40.0 Å².